The lowest BCUT2D eigenvalue weighted by Gasteiger charge is -2.20. The van der Waals surface area contributed by atoms with Crippen molar-refractivity contribution in [2.24, 2.45) is 5.92 Å². The van der Waals surface area contributed by atoms with Gasteiger partial charge in [0.05, 0.1) is 13.2 Å². The van der Waals surface area contributed by atoms with Crippen LogP contribution in [0.25, 0.3) is 0 Å². The predicted molar refractivity (Wildman–Crippen MR) is 103 cm³/mol. The third-order valence-electron chi connectivity index (χ3n) is 4.11. The summed E-state index contributed by atoms with van der Waals surface area (Å²) >= 11 is 0. The van der Waals surface area contributed by atoms with Crippen LogP contribution >= 0.6 is 0 Å². The minimum atomic E-state index is -1.28. The van der Waals surface area contributed by atoms with Crippen molar-refractivity contribution in [2.75, 3.05) is 12.4 Å². The molecule has 0 aliphatic heterocycles. The zero-order valence-corrected chi connectivity index (χ0v) is 16.0. The molecule has 7 heteroatoms. The van der Waals surface area contributed by atoms with Crippen molar-refractivity contribution < 1.29 is 24.2 Å². The summed E-state index contributed by atoms with van der Waals surface area (Å²) in [5, 5.41) is 16.6. The van der Waals surface area contributed by atoms with Crippen LogP contribution in [0.4, 0.5) is 5.69 Å². The molecular formula is C21H23N2O5-. The number of rotatable bonds is 8. The van der Waals surface area contributed by atoms with E-state index in [1.54, 1.807) is 62.4 Å². The highest BCUT2D eigenvalue weighted by atomic mass is 16.5. The Hall–Kier alpha value is -3.35. The molecule has 2 aromatic rings. The second-order valence-electron chi connectivity index (χ2n) is 6.60. The average molecular weight is 383 g/mol. The number of benzene rings is 2. The van der Waals surface area contributed by atoms with Crippen molar-refractivity contribution in [3.8, 4) is 5.75 Å². The van der Waals surface area contributed by atoms with E-state index in [1.165, 1.54) is 7.11 Å². The molecule has 0 radical (unpaired) electrons. The minimum Gasteiger partial charge on any atom is -0.550 e. The number of ether oxygens (including phenoxy) is 1. The number of anilines is 1. The zero-order chi connectivity index (χ0) is 20.7. The van der Waals surface area contributed by atoms with Gasteiger partial charge in [-0.1, -0.05) is 32.0 Å². The molecule has 2 N–H and O–H groups in total. The molecule has 2 amide bonds. The van der Waals surface area contributed by atoms with Crippen molar-refractivity contribution in [3.05, 3.63) is 59.7 Å². The number of aliphatic carboxylic acids is 1. The van der Waals surface area contributed by atoms with Gasteiger partial charge in [0.2, 0.25) is 5.91 Å². The van der Waals surface area contributed by atoms with Crippen LogP contribution < -0.4 is 20.5 Å². The lowest BCUT2D eigenvalue weighted by Crippen LogP contribution is -2.34. The summed E-state index contributed by atoms with van der Waals surface area (Å²) in [5.74, 6) is -1.47. The van der Waals surface area contributed by atoms with Gasteiger partial charge in [-0.3, -0.25) is 9.59 Å². The molecule has 0 unspecified atom stereocenters. The second-order valence-corrected chi connectivity index (χ2v) is 6.60. The maximum absolute atomic E-state index is 12.6. The Morgan fingerprint density at radius 3 is 2.32 bits per heavy atom. The Bertz CT molecular complexity index is 846. The van der Waals surface area contributed by atoms with Gasteiger partial charge < -0.3 is 25.3 Å². The Morgan fingerprint density at radius 1 is 1.07 bits per heavy atom. The molecule has 0 aromatic heterocycles. The maximum Gasteiger partial charge on any atom is 0.251 e. The summed E-state index contributed by atoms with van der Waals surface area (Å²) in [6.07, 6.45) is -0.373. The van der Waals surface area contributed by atoms with Crippen LogP contribution in [0.3, 0.4) is 0 Å². The zero-order valence-electron chi connectivity index (χ0n) is 16.0. The molecule has 148 valence electrons. The first-order valence-corrected chi connectivity index (χ1v) is 8.85. The average Bonchev–Trinajstić information content (AvgIpc) is 2.67. The van der Waals surface area contributed by atoms with Crippen molar-refractivity contribution in [2.45, 2.75) is 26.3 Å². The van der Waals surface area contributed by atoms with Crippen molar-refractivity contribution in [1.29, 1.82) is 0 Å². The SMILES string of the molecule is COc1ccc([C@@H](CC(=O)[O-])NC(=O)c2cccc(NC(=O)C(C)C)c2)cc1. The molecule has 0 saturated carbocycles. The highest BCUT2D eigenvalue weighted by Gasteiger charge is 2.17. The van der Waals surface area contributed by atoms with Crippen molar-refractivity contribution >= 4 is 23.5 Å². The fourth-order valence-electron chi connectivity index (χ4n) is 2.52. The van der Waals surface area contributed by atoms with Crippen LogP contribution in [0.5, 0.6) is 5.75 Å². The molecule has 7 nitrogen and oxygen atoms in total. The molecule has 0 heterocycles. The van der Waals surface area contributed by atoms with E-state index in [9.17, 15) is 19.5 Å². The molecule has 0 aliphatic carbocycles. The molecule has 0 aliphatic rings. The van der Waals surface area contributed by atoms with E-state index in [0.717, 1.165) is 0 Å². The van der Waals surface area contributed by atoms with E-state index in [1.807, 2.05) is 0 Å². The van der Waals surface area contributed by atoms with E-state index in [-0.39, 0.29) is 18.2 Å². The van der Waals surface area contributed by atoms with E-state index >= 15 is 0 Å². The molecule has 2 rings (SSSR count). The second kappa shape index (κ2) is 9.55. The first-order chi connectivity index (χ1) is 13.3. The minimum absolute atomic E-state index is 0.161. The van der Waals surface area contributed by atoms with Gasteiger partial charge in [-0.05, 0) is 35.9 Å². The molecule has 2 aromatic carbocycles. The number of carboxylic acid groups (broad SMARTS) is 1. The number of carbonyl (C=O) groups is 3. The molecule has 0 bridgehead atoms. The van der Waals surface area contributed by atoms with E-state index in [0.29, 0.717) is 22.6 Å². The molecule has 28 heavy (non-hydrogen) atoms. The Balaban J connectivity index is 2.18. The van der Waals surface area contributed by atoms with Crippen molar-refractivity contribution in [1.82, 2.24) is 5.32 Å². The summed E-state index contributed by atoms with van der Waals surface area (Å²) in [6, 6.07) is 12.4. The molecule has 0 saturated heterocycles. The number of hydrogen-bond donors (Lipinski definition) is 2. The quantitative estimate of drug-likeness (QED) is 0.724. The van der Waals surface area contributed by atoms with Gasteiger partial charge in [-0.2, -0.15) is 0 Å². The largest absolute Gasteiger partial charge is 0.550 e. The first-order valence-electron chi connectivity index (χ1n) is 8.85. The van der Waals surface area contributed by atoms with Crippen LogP contribution in [0.2, 0.25) is 0 Å². The number of methoxy groups -OCH3 is 1. The Morgan fingerprint density at radius 2 is 1.75 bits per heavy atom. The van der Waals surface area contributed by atoms with Crippen molar-refractivity contribution in [3.63, 3.8) is 0 Å². The number of hydrogen-bond acceptors (Lipinski definition) is 5. The van der Waals surface area contributed by atoms with Crippen LogP contribution in [-0.4, -0.2) is 24.9 Å². The fraction of sp³-hybridized carbons (Fsp3) is 0.286. The maximum atomic E-state index is 12.6. The topological polar surface area (TPSA) is 108 Å². The van der Waals surface area contributed by atoms with E-state index in [4.69, 9.17) is 4.74 Å². The van der Waals surface area contributed by atoms with Gasteiger partial charge in [-0.15, -0.1) is 0 Å². The van der Waals surface area contributed by atoms with Crippen LogP contribution in [0.15, 0.2) is 48.5 Å². The molecule has 0 spiro atoms. The standard InChI is InChI=1S/C21H24N2O5/c1-13(2)20(26)22-16-6-4-5-15(11-16)21(27)23-18(12-19(24)25)14-7-9-17(28-3)10-8-14/h4-11,13,18H,12H2,1-3H3,(H,22,26)(H,23,27)(H,24,25)/p-1/t18-/m1/s1. The van der Waals surface area contributed by atoms with Crippen LogP contribution in [0, 0.1) is 5.92 Å². The summed E-state index contributed by atoms with van der Waals surface area (Å²) in [6.45, 7) is 3.54. The van der Waals surface area contributed by atoms with Gasteiger partial charge in [0.1, 0.15) is 5.75 Å². The van der Waals surface area contributed by atoms with Gasteiger partial charge >= 0.3 is 0 Å². The summed E-state index contributed by atoms with van der Waals surface area (Å²) in [5.41, 5.74) is 1.41. The third-order valence-corrected chi connectivity index (χ3v) is 4.11. The lowest BCUT2D eigenvalue weighted by atomic mass is 10.0. The molecule has 0 fully saturated rings. The van der Waals surface area contributed by atoms with Gasteiger partial charge in [0, 0.05) is 29.6 Å². The van der Waals surface area contributed by atoms with Gasteiger partial charge in [0.15, 0.2) is 0 Å². The normalized spacial score (nSPS) is 11.6. The predicted octanol–water partition coefficient (Wildman–Crippen LogP) is 1.90. The van der Waals surface area contributed by atoms with E-state index in [2.05, 4.69) is 10.6 Å². The molecular weight excluding hydrogens is 360 g/mol. The molecule has 1 atom stereocenters. The van der Waals surface area contributed by atoms with Crippen LogP contribution in [-0.2, 0) is 9.59 Å². The number of carbonyl (C=O) groups excluding carboxylic acids is 3. The fourth-order valence-corrected chi connectivity index (χ4v) is 2.52. The Labute approximate surface area is 163 Å². The number of carboxylic acids is 1. The summed E-state index contributed by atoms with van der Waals surface area (Å²) in [4.78, 5) is 35.6. The summed E-state index contributed by atoms with van der Waals surface area (Å²) < 4.78 is 5.09. The lowest BCUT2D eigenvalue weighted by molar-refractivity contribution is -0.306. The number of amides is 2. The monoisotopic (exact) mass is 383 g/mol. The summed E-state index contributed by atoms with van der Waals surface area (Å²) in [7, 11) is 1.53. The smallest absolute Gasteiger partial charge is 0.251 e. The van der Waals surface area contributed by atoms with E-state index < -0.39 is 17.9 Å². The first kappa shape index (κ1) is 21.0. The van der Waals surface area contributed by atoms with Gasteiger partial charge in [0.25, 0.3) is 5.91 Å². The highest BCUT2D eigenvalue weighted by Crippen LogP contribution is 2.21. The van der Waals surface area contributed by atoms with Gasteiger partial charge in [-0.25, -0.2) is 0 Å². The highest BCUT2D eigenvalue weighted by molar-refractivity contribution is 5.97. The number of nitrogens with one attached hydrogen (secondary N) is 2. The Kier molecular flexibility index (Phi) is 7.14. The third kappa shape index (κ3) is 5.84. The van der Waals surface area contributed by atoms with Crippen LogP contribution in [0.1, 0.15) is 42.2 Å².